The molecule has 1 aliphatic carbocycles. The van der Waals surface area contributed by atoms with Crippen molar-refractivity contribution in [1.29, 1.82) is 0 Å². The van der Waals surface area contributed by atoms with Crippen molar-refractivity contribution < 1.29 is 19.0 Å². The molecule has 4 nitrogen and oxygen atoms in total. The first kappa shape index (κ1) is 20.1. The lowest BCUT2D eigenvalue weighted by atomic mass is 9.93. The van der Waals surface area contributed by atoms with E-state index >= 15 is 0 Å². The predicted molar refractivity (Wildman–Crippen MR) is 110 cm³/mol. The maximum Gasteiger partial charge on any atom is 0.303 e. The Bertz CT molecular complexity index is 817. The van der Waals surface area contributed by atoms with E-state index in [9.17, 15) is 9.18 Å². The minimum atomic E-state index is -0.839. The molecule has 2 aromatic rings. The third-order valence-corrected chi connectivity index (χ3v) is 5.78. The molecule has 0 bridgehead atoms. The minimum absolute atomic E-state index is 0.0606. The van der Waals surface area contributed by atoms with Crippen LogP contribution >= 0.6 is 31.9 Å². The fourth-order valence-electron chi connectivity index (χ4n) is 2.87. The zero-order valence-corrected chi connectivity index (χ0v) is 17.8. The van der Waals surface area contributed by atoms with Gasteiger partial charge < -0.3 is 15.2 Å². The van der Waals surface area contributed by atoms with Crippen LogP contribution in [0.3, 0.4) is 0 Å². The third kappa shape index (κ3) is 5.23. The van der Waals surface area contributed by atoms with Crippen molar-refractivity contribution >= 4 is 43.5 Å². The Balaban J connectivity index is 1.69. The number of aliphatic carboxylic acids is 1. The highest BCUT2D eigenvalue weighted by atomic mass is 79.9. The maximum absolute atomic E-state index is 14.7. The van der Waals surface area contributed by atoms with E-state index in [-0.39, 0.29) is 18.8 Å². The lowest BCUT2D eigenvalue weighted by Gasteiger charge is -2.28. The van der Waals surface area contributed by atoms with Gasteiger partial charge in [0.1, 0.15) is 12.4 Å². The second kappa shape index (κ2) is 9.06. The van der Waals surface area contributed by atoms with E-state index in [1.807, 2.05) is 18.2 Å². The first-order valence-corrected chi connectivity index (χ1v) is 10.4. The fraction of sp³-hybridized carbons (Fsp3) is 0.350. The molecule has 0 spiro atoms. The molecule has 0 amide bonds. The number of hydrogen-bond acceptors (Lipinski definition) is 3. The van der Waals surface area contributed by atoms with E-state index in [4.69, 9.17) is 9.84 Å². The molecule has 3 rings (SSSR count). The second-order valence-electron chi connectivity index (χ2n) is 6.62. The summed E-state index contributed by atoms with van der Waals surface area (Å²) < 4.78 is 21.9. The van der Waals surface area contributed by atoms with E-state index < -0.39 is 5.97 Å². The Morgan fingerprint density at radius 1 is 1.26 bits per heavy atom. The number of aryl methyl sites for hydroxylation is 1. The number of anilines is 1. The van der Waals surface area contributed by atoms with Gasteiger partial charge in [0.25, 0.3) is 0 Å². The Morgan fingerprint density at radius 2 is 1.96 bits per heavy atom. The van der Waals surface area contributed by atoms with Crippen molar-refractivity contribution in [3.05, 3.63) is 56.2 Å². The predicted octanol–water partition coefficient (Wildman–Crippen LogP) is 5.91. The van der Waals surface area contributed by atoms with Crippen molar-refractivity contribution in [1.82, 2.24) is 0 Å². The molecule has 0 radical (unpaired) electrons. The molecule has 0 heterocycles. The summed E-state index contributed by atoms with van der Waals surface area (Å²) in [6.45, 7) is 0.0949. The summed E-state index contributed by atoms with van der Waals surface area (Å²) in [5.41, 5.74) is 1.87. The number of rotatable bonds is 8. The summed E-state index contributed by atoms with van der Waals surface area (Å²) in [7, 11) is 0. The van der Waals surface area contributed by atoms with Gasteiger partial charge in [0, 0.05) is 18.0 Å². The number of carbonyl (C=O) groups is 1. The van der Waals surface area contributed by atoms with Crippen LogP contribution < -0.4 is 10.1 Å². The molecule has 0 saturated heterocycles. The van der Waals surface area contributed by atoms with Crippen molar-refractivity contribution in [2.45, 2.75) is 44.8 Å². The van der Waals surface area contributed by atoms with Gasteiger partial charge in [0.15, 0.2) is 5.82 Å². The average Bonchev–Trinajstić information content (AvgIpc) is 2.57. The minimum Gasteiger partial charge on any atom is -0.486 e. The number of halogens is 3. The lowest BCUT2D eigenvalue weighted by molar-refractivity contribution is -0.136. The first-order chi connectivity index (χ1) is 12.9. The largest absolute Gasteiger partial charge is 0.486 e. The van der Waals surface area contributed by atoms with Gasteiger partial charge in [-0.1, -0.05) is 12.1 Å². The Morgan fingerprint density at radius 3 is 2.56 bits per heavy atom. The SMILES string of the molecule is O=C(O)CCc1cc(Br)c(OCc2cccc(NC3CCC3)c2F)c(Br)c1. The molecular formula is C20H20Br2FNO3. The van der Waals surface area contributed by atoms with E-state index in [0.29, 0.717) is 38.4 Å². The van der Waals surface area contributed by atoms with E-state index in [0.717, 1.165) is 18.4 Å². The lowest BCUT2D eigenvalue weighted by Crippen LogP contribution is -2.27. The van der Waals surface area contributed by atoms with Crippen LogP contribution in [0, 0.1) is 5.82 Å². The number of nitrogens with one attached hydrogen (secondary N) is 1. The van der Waals surface area contributed by atoms with E-state index in [1.54, 1.807) is 12.1 Å². The van der Waals surface area contributed by atoms with Gasteiger partial charge in [-0.25, -0.2) is 4.39 Å². The molecule has 1 aliphatic rings. The molecule has 27 heavy (non-hydrogen) atoms. The van der Waals surface area contributed by atoms with Crippen molar-refractivity contribution in [2.24, 2.45) is 0 Å². The molecule has 1 saturated carbocycles. The summed E-state index contributed by atoms with van der Waals surface area (Å²) >= 11 is 6.91. The summed E-state index contributed by atoms with van der Waals surface area (Å²) in [4.78, 5) is 10.7. The zero-order valence-electron chi connectivity index (χ0n) is 14.6. The van der Waals surface area contributed by atoms with Crippen LogP contribution in [-0.2, 0) is 17.8 Å². The highest BCUT2D eigenvalue weighted by Crippen LogP contribution is 2.36. The number of ether oxygens (including phenoxy) is 1. The van der Waals surface area contributed by atoms with Crippen LogP contribution in [0.1, 0.15) is 36.8 Å². The number of carboxylic acid groups (broad SMARTS) is 1. The van der Waals surface area contributed by atoms with E-state index in [1.165, 1.54) is 6.42 Å². The van der Waals surface area contributed by atoms with Crippen LogP contribution in [0.5, 0.6) is 5.75 Å². The van der Waals surface area contributed by atoms with Crippen LogP contribution in [-0.4, -0.2) is 17.1 Å². The number of benzene rings is 2. The molecule has 2 aromatic carbocycles. The molecule has 2 N–H and O–H groups in total. The van der Waals surface area contributed by atoms with Crippen molar-refractivity contribution in [2.75, 3.05) is 5.32 Å². The summed E-state index contributed by atoms with van der Waals surface area (Å²) in [6, 6.07) is 9.30. The van der Waals surface area contributed by atoms with Gasteiger partial charge >= 0.3 is 5.97 Å². The highest BCUT2D eigenvalue weighted by molar-refractivity contribution is 9.11. The molecule has 7 heteroatoms. The monoisotopic (exact) mass is 499 g/mol. The van der Waals surface area contributed by atoms with Crippen LogP contribution in [0.2, 0.25) is 0 Å². The smallest absolute Gasteiger partial charge is 0.303 e. The molecule has 1 fully saturated rings. The Hall–Kier alpha value is -1.60. The number of carboxylic acids is 1. The second-order valence-corrected chi connectivity index (χ2v) is 8.33. The Labute approximate surface area is 174 Å². The molecule has 0 aliphatic heterocycles. The van der Waals surface area contributed by atoms with Gasteiger partial charge in [-0.15, -0.1) is 0 Å². The van der Waals surface area contributed by atoms with Crippen molar-refractivity contribution in [3.8, 4) is 5.75 Å². The normalized spacial score (nSPS) is 13.9. The summed E-state index contributed by atoms with van der Waals surface area (Å²) in [6.07, 6.45) is 3.83. The average molecular weight is 501 g/mol. The van der Waals surface area contributed by atoms with Crippen LogP contribution in [0.25, 0.3) is 0 Å². The van der Waals surface area contributed by atoms with Gasteiger partial charge in [-0.2, -0.15) is 0 Å². The topological polar surface area (TPSA) is 58.6 Å². The van der Waals surface area contributed by atoms with Crippen molar-refractivity contribution in [3.63, 3.8) is 0 Å². The van der Waals surface area contributed by atoms with Crippen LogP contribution in [0.15, 0.2) is 39.3 Å². The summed E-state index contributed by atoms with van der Waals surface area (Å²) in [5.74, 6) is -0.561. The quantitative estimate of drug-likeness (QED) is 0.473. The van der Waals surface area contributed by atoms with Gasteiger partial charge in [-0.05, 0) is 81.3 Å². The van der Waals surface area contributed by atoms with Crippen LogP contribution in [0.4, 0.5) is 10.1 Å². The number of hydrogen-bond donors (Lipinski definition) is 2. The maximum atomic E-state index is 14.7. The molecular weight excluding hydrogens is 481 g/mol. The molecule has 0 atom stereocenters. The van der Waals surface area contributed by atoms with E-state index in [2.05, 4.69) is 37.2 Å². The molecule has 144 valence electrons. The van der Waals surface area contributed by atoms with Gasteiger partial charge in [0.05, 0.1) is 14.6 Å². The zero-order chi connectivity index (χ0) is 19.4. The fourth-order valence-corrected chi connectivity index (χ4v) is 4.38. The Kier molecular flexibility index (Phi) is 6.76. The van der Waals surface area contributed by atoms with Gasteiger partial charge in [-0.3, -0.25) is 4.79 Å². The molecule has 0 aromatic heterocycles. The summed E-state index contributed by atoms with van der Waals surface area (Å²) in [5, 5.41) is 12.1. The van der Waals surface area contributed by atoms with Gasteiger partial charge in [0.2, 0.25) is 0 Å². The standard InChI is InChI=1S/C20H20Br2FNO3/c21-15-9-12(7-8-18(25)26)10-16(22)20(15)27-11-13-3-1-6-17(19(13)23)24-14-4-2-5-14/h1,3,6,9-10,14,24H,2,4-5,7-8,11H2,(H,25,26). The first-order valence-electron chi connectivity index (χ1n) is 8.80. The third-order valence-electron chi connectivity index (χ3n) is 4.60. The highest BCUT2D eigenvalue weighted by Gasteiger charge is 2.19. The molecule has 0 unspecified atom stereocenters.